The zero-order valence-electron chi connectivity index (χ0n) is 9.30. The Morgan fingerprint density at radius 3 is 2.65 bits per heavy atom. The van der Waals surface area contributed by atoms with Crippen molar-refractivity contribution in [3.63, 3.8) is 0 Å². The summed E-state index contributed by atoms with van der Waals surface area (Å²) >= 11 is 0. The van der Waals surface area contributed by atoms with E-state index in [4.69, 9.17) is 10.2 Å². The predicted molar refractivity (Wildman–Crippen MR) is 67.3 cm³/mol. The third-order valence-corrected chi connectivity index (χ3v) is 2.33. The first kappa shape index (κ1) is 11.2. The number of benzene rings is 1. The number of furan rings is 1. The molecule has 0 amide bonds. The fraction of sp³-hybridized carbons (Fsp3) is 0.0714. The summed E-state index contributed by atoms with van der Waals surface area (Å²) in [6.07, 6.45) is 5.17. The van der Waals surface area contributed by atoms with E-state index < -0.39 is 0 Å². The summed E-state index contributed by atoms with van der Waals surface area (Å²) in [5.74, 6) is 0.689. The standard InChI is InChI=1S/C14H13NO2/c15-12-6-3-11(4-7-12)5-8-13(16)10-14-2-1-9-17-14/h1-9H,10,15H2/b8-5+. The molecule has 17 heavy (non-hydrogen) atoms. The van der Waals surface area contributed by atoms with Crippen molar-refractivity contribution in [1.29, 1.82) is 0 Å². The number of rotatable bonds is 4. The van der Waals surface area contributed by atoms with Gasteiger partial charge in [-0.3, -0.25) is 4.79 Å². The molecule has 2 rings (SSSR count). The molecule has 0 fully saturated rings. The van der Waals surface area contributed by atoms with E-state index in [1.807, 2.05) is 12.1 Å². The van der Waals surface area contributed by atoms with E-state index in [0.717, 1.165) is 5.56 Å². The van der Waals surface area contributed by atoms with E-state index in [-0.39, 0.29) is 5.78 Å². The summed E-state index contributed by atoms with van der Waals surface area (Å²) in [5.41, 5.74) is 7.23. The molecule has 2 N–H and O–H groups in total. The molecule has 0 bridgehead atoms. The Morgan fingerprint density at radius 2 is 2.00 bits per heavy atom. The minimum absolute atomic E-state index is 0.0109. The van der Waals surface area contributed by atoms with Gasteiger partial charge in [-0.15, -0.1) is 0 Å². The number of ketones is 1. The van der Waals surface area contributed by atoms with Crippen molar-refractivity contribution < 1.29 is 9.21 Å². The summed E-state index contributed by atoms with van der Waals surface area (Å²) in [5, 5.41) is 0. The molecular formula is C14H13NO2. The highest BCUT2D eigenvalue weighted by Crippen LogP contribution is 2.08. The van der Waals surface area contributed by atoms with Crippen molar-refractivity contribution in [2.75, 3.05) is 5.73 Å². The van der Waals surface area contributed by atoms with Gasteiger partial charge in [0.15, 0.2) is 5.78 Å². The van der Waals surface area contributed by atoms with Gasteiger partial charge in [-0.1, -0.05) is 18.2 Å². The minimum atomic E-state index is 0.0109. The first-order valence-electron chi connectivity index (χ1n) is 5.33. The van der Waals surface area contributed by atoms with Gasteiger partial charge in [-0.25, -0.2) is 0 Å². The van der Waals surface area contributed by atoms with Gasteiger partial charge in [0.25, 0.3) is 0 Å². The first-order chi connectivity index (χ1) is 8.24. The molecule has 0 atom stereocenters. The van der Waals surface area contributed by atoms with Crippen molar-refractivity contribution in [1.82, 2.24) is 0 Å². The Bertz CT molecular complexity index is 510. The number of carbonyl (C=O) groups excluding carboxylic acids is 1. The topological polar surface area (TPSA) is 56.2 Å². The van der Waals surface area contributed by atoms with E-state index in [0.29, 0.717) is 17.9 Å². The van der Waals surface area contributed by atoms with Crippen LogP contribution >= 0.6 is 0 Å². The summed E-state index contributed by atoms with van der Waals surface area (Å²) < 4.78 is 5.10. The summed E-state index contributed by atoms with van der Waals surface area (Å²) in [6.45, 7) is 0. The van der Waals surface area contributed by atoms with Gasteiger partial charge in [0.1, 0.15) is 5.76 Å². The number of hydrogen-bond acceptors (Lipinski definition) is 3. The lowest BCUT2D eigenvalue weighted by molar-refractivity contribution is -0.114. The molecule has 0 spiro atoms. The molecule has 0 saturated heterocycles. The van der Waals surface area contributed by atoms with Gasteiger partial charge in [0.05, 0.1) is 12.7 Å². The van der Waals surface area contributed by atoms with Crippen molar-refractivity contribution in [3.05, 3.63) is 60.1 Å². The van der Waals surface area contributed by atoms with Crippen LogP contribution < -0.4 is 5.73 Å². The van der Waals surface area contributed by atoms with Crippen molar-refractivity contribution in [3.8, 4) is 0 Å². The monoisotopic (exact) mass is 227 g/mol. The van der Waals surface area contributed by atoms with E-state index >= 15 is 0 Å². The van der Waals surface area contributed by atoms with Crippen LogP contribution in [0.3, 0.4) is 0 Å². The maximum Gasteiger partial charge on any atom is 0.163 e. The SMILES string of the molecule is Nc1ccc(/C=C/C(=O)Cc2ccco2)cc1. The fourth-order valence-electron chi connectivity index (χ4n) is 1.44. The third-order valence-electron chi connectivity index (χ3n) is 2.33. The smallest absolute Gasteiger partial charge is 0.163 e. The largest absolute Gasteiger partial charge is 0.469 e. The third kappa shape index (κ3) is 3.34. The van der Waals surface area contributed by atoms with Crippen LogP contribution in [-0.2, 0) is 11.2 Å². The van der Waals surface area contributed by atoms with Crippen LogP contribution in [0.4, 0.5) is 5.69 Å². The molecule has 0 aliphatic carbocycles. The van der Waals surface area contributed by atoms with Gasteiger partial charge < -0.3 is 10.2 Å². The molecule has 2 aromatic rings. The number of nitrogens with two attached hydrogens (primary N) is 1. The fourth-order valence-corrected chi connectivity index (χ4v) is 1.44. The lowest BCUT2D eigenvalue weighted by Gasteiger charge is -1.95. The number of anilines is 1. The van der Waals surface area contributed by atoms with Crippen LogP contribution in [0.2, 0.25) is 0 Å². The second kappa shape index (κ2) is 5.16. The molecule has 3 nitrogen and oxygen atoms in total. The molecule has 0 aliphatic rings. The Morgan fingerprint density at radius 1 is 1.24 bits per heavy atom. The number of nitrogen functional groups attached to an aromatic ring is 1. The molecule has 0 unspecified atom stereocenters. The number of allylic oxidation sites excluding steroid dienone is 1. The Hall–Kier alpha value is -2.29. The van der Waals surface area contributed by atoms with Crippen molar-refractivity contribution >= 4 is 17.5 Å². The molecule has 0 aliphatic heterocycles. The molecule has 3 heteroatoms. The van der Waals surface area contributed by atoms with Crippen LogP contribution in [0.25, 0.3) is 6.08 Å². The van der Waals surface area contributed by atoms with E-state index in [2.05, 4.69) is 0 Å². The molecule has 1 aromatic heterocycles. The summed E-state index contributed by atoms with van der Waals surface area (Å²) in [4.78, 5) is 11.6. The average molecular weight is 227 g/mol. The molecular weight excluding hydrogens is 214 g/mol. The number of carbonyl (C=O) groups is 1. The van der Waals surface area contributed by atoms with Gasteiger partial charge in [-0.05, 0) is 35.9 Å². The predicted octanol–water partition coefficient (Wildman–Crippen LogP) is 2.69. The van der Waals surface area contributed by atoms with Crippen LogP contribution in [0.15, 0.2) is 53.2 Å². The summed E-state index contributed by atoms with van der Waals surface area (Å²) in [7, 11) is 0. The lowest BCUT2D eigenvalue weighted by Crippen LogP contribution is -1.96. The highest BCUT2D eigenvalue weighted by atomic mass is 16.3. The van der Waals surface area contributed by atoms with E-state index in [9.17, 15) is 4.79 Å². The first-order valence-corrected chi connectivity index (χ1v) is 5.33. The van der Waals surface area contributed by atoms with Crippen molar-refractivity contribution in [2.24, 2.45) is 0 Å². The van der Waals surface area contributed by atoms with Crippen molar-refractivity contribution in [2.45, 2.75) is 6.42 Å². The highest BCUT2D eigenvalue weighted by molar-refractivity contribution is 5.94. The van der Waals surface area contributed by atoms with E-state index in [1.165, 1.54) is 0 Å². The second-order valence-corrected chi connectivity index (χ2v) is 3.72. The molecule has 1 aromatic carbocycles. The molecule has 86 valence electrons. The van der Waals surface area contributed by atoms with Crippen LogP contribution in [0.5, 0.6) is 0 Å². The summed E-state index contributed by atoms with van der Waals surface area (Å²) in [6, 6.07) is 10.9. The van der Waals surface area contributed by atoms with Crippen LogP contribution in [0, 0.1) is 0 Å². The molecule has 0 radical (unpaired) electrons. The van der Waals surface area contributed by atoms with Crippen LogP contribution in [-0.4, -0.2) is 5.78 Å². The van der Waals surface area contributed by atoms with E-state index in [1.54, 1.807) is 42.7 Å². The van der Waals surface area contributed by atoms with Crippen LogP contribution in [0.1, 0.15) is 11.3 Å². The zero-order chi connectivity index (χ0) is 12.1. The minimum Gasteiger partial charge on any atom is -0.469 e. The van der Waals surface area contributed by atoms with Gasteiger partial charge in [-0.2, -0.15) is 0 Å². The van der Waals surface area contributed by atoms with Gasteiger partial charge in [0.2, 0.25) is 0 Å². The lowest BCUT2D eigenvalue weighted by atomic mass is 10.1. The molecule has 0 saturated carbocycles. The average Bonchev–Trinajstić information content (AvgIpc) is 2.81. The van der Waals surface area contributed by atoms with Gasteiger partial charge >= 0.3 is 0 Å². The zero-order valence-corrected chi connectivity index (χ0v) is 9.30. The Labute approximate surface area is 99.6 Å². The maximum absolute atomic E-state index is 11.6. The second-order valence-electron chi connectivity index (χ2n) is 3.72. The number of hydrogen-bond donors (Lipinski definition) is 1. The van der Waals surface area contributed by atoms with Gasteiger partial charge in [0, 0.05) is 5.69 Å². The molecule has 1 heterocycles. The normalized spacial score (nSPS) is 10.8. The maximum atomic E-state index is 11.6. The Balaban J connectivity index is 1.96. The Kier molecular flexibility index (Phi) is 3.40. The quantitative estimate of drug-likeness (QED) is 0.645. The highest BCUT2D eigenvalue weighted by Gasteiger charge is 2.01.